The second-order valence-corrected chi connectivity index (χ2v) is 3.51. The van der Waals surface area contributed by atoms with Gasteiger partial charge in [-0.3, -0.25) is 0 Å². The fourth-order valence-corrected chi connectivity index (χ4v) is 1.62. The summed E-state index contributed by atoms with van der Waals surface area (Å²) in [5.41, 5.74) is 0.515. The zero-order valence-corrected chi connectivity index (χ0v) is 8.58. The van der Waals surface area contributed by atoms with E-state index in [1.807, 2.05) is 0 Å². The number of thiol groups is 1. The molecule has 0 radical (unpaired) electrons. The van der Waals surface area contributed by atoms with Crippen molar-refractivity contribution >= 4 is 29.9 Å². The second kappa shape index (κ2) is 4.30. The van der Waals surface area contributed by atoms with Crippen molar-refractivity contribution in [2.45, 2.75) is 6.92 Å². The Bertz CT molecular complexity index is 387. The van der Waals surface area contributed by atoms with Crippen LogP contribution in [-0.4, -0.2) is 21.8 Å². The zero-order chi connectivity index (χ0) is 9.84. The maximum absolute atomic E-state index is 10.6. The lowest BCUT2D eigenvalue weighted by Gasteiger charge is -1.84. The van der Waals surface area contributed by atoms with E-state index in [1.165, 1.54) is 0 Å². The van der Waals surface area contributed by atoms with Gasteiger partial charge in [0.1, 0.15) is 4.88 Å². The van der Waals surface area contributed by atoms with E-state index in [9.17, 15) is 4.79 Å². The Hall–Kier alpha value is -0.990. The molecule has 13 heavy (non-hydrogen) atoms. The average molecular weight is 213 g/mol. The van der Waals surface area contributed by atoms with E-state index < -0.39 is 5.97 Å². The summed E-state index contributed by atoms with van der Waals surface area (Å²) in [5.74, 6) is 4.94. The van der Waals surface area contributed by atoms with Crippen LogP contribution in [0.1, 0.15) is 20.4 Å². The summed E-state index contributed by atoms with van der Waals surface area (Å²) in [6.07, 6.45) is 0. The Balaban J connectivity index is 3.02. The molecule has 0 aliphatic rings. The largest absolute Gasteiger partial charge is 0.477 e. The lowest BCUT2D eigenvalue weighted by atomic mass is 10.4. The van der Waals surface area contributed by atoms with Gasteiger partial charge in [0.25, 0.3) is 0 Å². The minimum atomic E-state index is -0.950. The first-order valence-corrected chi connectivity index (χ1v) is 4.90. The molecule has 1 heterocycles. The van der Waals surface area contributed by atoms with Crippen LogP contribution < -0.4 is 0 Å². The van der Waals surface area contributed by atoms with E-state index in [0.717, 1.165) is 11.3 Å². The van der Waals surface area contributed by atoms with Crippen molar-refractivity contribution < 1.29 is 9.90 Å². The smallest absolute Gasteiger partial charge is 0.347 e. The zero-order valence-electron chi connectivity index (χ0n) is 6.87. The molecule has 0 aliphatic heterocycles. The molecule has 0 aromatic carbocycles. The molecule has 0 saturated heterocycles. The highest BCUT2D eigenvalue weighted by molar-refractivity contribution is 7.80. The second-order valence-electron chi connectivity index (χ2n) is 2.20. The first-order valence-electron chi connectivity index (χ1n) is 3.45. The van der Waals surface area contributed by atoms with Crippen LogP contribution in [0.5, 0.6) is 0 Å². The molecule has 3 nitrogen and oxygen atoms in total. The van der Waals surface area contributed by atoms with E-state index >= 15 is 0 Å². The fraction of sp³-hybridized carbons (Fsp3) is 0.250. The number of aryl methyl sites for hydroxylation is 1. The fourth-order valence-electron chi connectivity index (χ4n) is 0.763. The molecule has 5 heteroatoms. The predicted molar refractivity (Wildman–Crippen MR) is 54.5 cm³/mol. The van der Waals surface area contributed by atoms with Gasteiger partial charge in [0, 0.05) is 0 Å². The van der Waals surface area contributed by atoms with Gasteiger partial charge in [0.15, 0.2) is 5.01 Å². The van der Waals surface area contributed by atoms with Crippen molar-refractivity contribution in [2.75, 3.05) is 5.75 Å². The Morgan fingerprint density at radius 1 is 1.77 bits per heavy atom. The third-order valence-electron chi connectivity index (χ3n) is 1.27. The highest BCUT2D eigenvalue weighted by Gasteiger charge is 2.12. The van der Waals surface area contributed by atoms with Gasteiger partial charge < -0.3 is 5.11 Å². The number of carboxylic acids is 1. The number of aromatic carboxylic acids is 1. The van der Waals surface area contributed by atoms with E-state index in [4.69, 9.17) is 5.11 Å². The quantitative estimate of drug-likeness (QED) is 0.548. The van der Waals surface area contributed by atoms with Crippen molar-refractivity contribution in [3.05, 3.63) is 15.6 Å². The molecule has 0 aliphatic carbocycles. The molecule has 0 fully saturated rings. The lowest BCUT2D eigenvalue weighted by molar-refractivity contribution is 0.0701. The molecule has 0 unspecified atom stereocenters. The maximum Gasteiger partial charge on any atom is 0.347 e. The Morgan fingerprint density at radius 2 is 2.46 bits per heavy atom. The van der Waals surface area contributed by atoms with Crippen LogP contribution in [0.3, 0.4) is 0 Å². The molecule has 0 spiro atoms. The molecule has 1 aromatic heterocycles. The van der Waals surface area contributed by atoms with Crippen LogP contribution >= 0.6 is 24.0 Å². The van der Waals surface area contributed by atoms with Crippen LogP contribution in [0.4, 0.5) is 0 Å². The Labute approximate surface area is 85.2 Å². The van der Waals surface area contributed by atoms with Gasteiger partial charge in [0.05, 0.1) is 11.4 Å². The number of hydrogen-bond acceptors (Lipinski definition) is 4. The molecule has 0 saturated carbocycles. The predicted octanol–water partition coefficient (Wildman–Crippen LogP) is 1.43. The molecule has 0 atom stereocenters. The van der Waals surface area contributed by atoms with E-state index in [0.29, 0.717) is 16.5 Å². The van der Waals surface area contributed by atoms with Gasteiger partial charge in [-0.15, -0.1) is 0 Å². The number of nitrogens with zero attached hydrogens (tertiary/aromatic N) is 1. The average Bonchev–Trinajstić information content (AvgIpc) is 2.43. The summed E-state index contributed by atoms with van der Waals surface area (Å²) in [5, 5.41) is 9.24. The lowest BCUT2D eigenvalue weighted by Crippen LogP contribution is -1.94. The van der Waals surface area contributed by atoms with Crippen LogP contribution in [0, 0.1) is 18.8 Å². The monoisotopic (exact) mass is 213 g/mol. The summed E-state index contributed by atoms with van der Waals surface area (Å²) in [6, 6.07) is 0. The highest BCUT2D eigenvalue weighted by atomic mass is 32.1. The molecule has 1 rings (SSSR count). The van der Waals surface area contributed by atoms with E-state index in [-0.39, 0.29) is 4.88 Å². The van der Waals surface area contributed by atoms with Crippen molar-refractivity contribution in [3.8, 4) is 11.8 Å². The van der Waals surface area contributed by atoms with Crippen LogP contribution in [0.2, 0.25) is 0 Å². The molecule has 68 valence electrons. The van der Waals surface area contributed by atoms with Crippen LogP contribution in [-0.2, 0) is 0 Å². The number of hydrogen-bond donors (Lipinski definition) is 2. The SMILES string of the molecule is Cc1nc(C#CCS)sc1C(=O)O. The van der Waals surface area contributed by atoms with E-state index in [1.54, 1.807) is 6.92 Å². The molecular formula is C8H7NO2S2. The third-order valence-corrected chi connectivity index (χ3v) is 2.48. The van der Waals surface area contributed by atoms with Crippen molar-refractivity contribution in [2.24, 2.45) is 0 Å². The minimum absolute atomic E-state index is 0.253. The molecule has 1 aromatic rings. The summed E-state index contributed by atoms with van der Waals surface area (Å²) >= 11 is 5.00. The van der Waals surface area contributed by atoms with Gasteiger partial charge in [-0.2, -0.15) is 12.6 Å². The van der Waals surface area contributed by atoms with Crippen LogP contribution in [0.15, 0.2) is 0 Å². The number of thiazole rings is 1. The standard InChI is InChI=1S/C8H7NO2S2/c1-5-7(8(10)11)13-6(9-5)3-2-4-12/h12H,4H2,1H3,(H,10,11). The van der Waals surface area contributed by atoms with Gasteiger partial charge in [0.2, 0.25) is 0 Å². The molecule has 0 bridgehead atoms. The summed E-state index contributed by atoms with van der Waals surface area (Å²) < 4.78 is 0. The summed E-state index contributed by atoms with van der Waals surface area (Å²) in [7, 11) is 0. The van der Waals surface area contributed by atoms with Gasteiger partial charge >= 0.3 is 5.97 Å². The number of rotatable bonds is 1. The molecule has 1 N–H and O–H groups in total. The maximum atomic E-state index is 10.6. The minimum Gasteiger partial charge on any atom is -0.477 e. The number of carboxylic acid groups (broad SMARTS) is 1. The van der Waals surface area contributed by atoms with Gasteiger partial charge in [-0.25, -0.2) is 9.78 Å². The van der Waals surface area contributed by atoms with Crippen molar-refractivity contribution in [1.82, 2.24) is 4.98 Å². The topological polar surface area (TPSA) is 50.2 Å². The summed E-state index contributed by atoms with van der Waals surface area (Å²) in [4.78, 5) is 14.9. The van der Waals surface area contributed by atoms with Crippen molar-refractivity contribution in [3.63, 3.8) is 0 Å². The van der Waals surface area contributed by atoms with Gasteiger partial charge in [-0.1, -0.05) is 17.3 Å². The molecular weight excluding hydrogens is 206 g/mol. The first-order chi connectivity index (χ1) is 6.15. The van der Waals surface area contributed by atoms with Gasteiger partial charge in [-0.05, 0) is 12.8 Å². The Morgan fingerprint density at radius 3 is 2.92 bits per heavy atom. The van der Waals surface area contributed by atoms with Crippen molar-refractivity contribution in [1.29, 1.82) is 0 Å². The molecule has 0 amide bonds. The Kier molecular flexibility index (Phi) is 3.34. The normalized spacial score (nSPS) is 9.08. The highest BCUT2D eigenvalue weighted by Crippen LogP contribution is 2.16. The number of aromatic nitrogens is 1. The van der Waals surface area contributed by atoms with Crippen LogP contribution in [0.25, 0.3) is 0 Å². The number of carbonyl (C=O) groups is 1. The third kappa shape index (κ3) is 2.47. The first kappa shape index (κ1) is 10.1. The van der Waals surface area contributed by atoms with E-state index in [2.05, 4.69) is 29.5 Å². The summed E-state index contributed by atoms with van der Waals surface area (Å²) in [6.45, 7) is 1.66.